The van der Waals surface area contributed by atoms with Gasteiger partial charge in [-0.3, -0.25) is 10.1 Å². The van der Waals surface area contributed by atoms with Gasteiger partial charge in [0, 0.05) is 17.7 Å². The predicted molar refractivity (Wildman–Crippen MR) is 85.6 cm³/mol. The maximum atomic E-state index is 12.0. The molecular weight excluding hydrogens is 336 g/mol. The minimum Gasteiger partial charge on any atom is -0.435 e. The molecule has 0 saturated heterocycles. The van der Waals surface area contributed by atoms with Crippen molar-refractivity contribution in [2.24, 2.45) is 0 Å². The maximum Gasteiger partial charge on any atom is 0.387 e. The topological polar surface area (TPSA) is 78.7 Å². The van der Waals surface area contributed by atoms with E-state index in [9.17, 15) is 23.7 Å². The molecule has 0 unspecified atom stereocenters. The summed E-state index contributed by atoms with van der Waals surface area (Å²) in [6, 6.07) is 9.65. The summed E-state index contributed by atoms with van der Waals surface area (Å²) in [6.45, 7) is -1.37. The molecule has 0 fully saturated rings. The molecular formula is C17H13F2NO5. The highest BCUT2D eigenvalue weighted by Gasteiger charge is 2.11. The predicted octanol–water partition coefficient (Wildman–Crippen LogP) is 4.12. The SMILES string of the molecule is Cc1cc(OC(=O)/C=C/c2ccc(OC(F)F)cc2)ccc1[N+](=O)[O-]. The fourth-order valence-corrected chi connectivity index (χ4v) is 1.97. The molecule has 0 atom stereocenters. The van der Waals surface area contributed by atoms with E-state index < -0.39 is 17.5 Å². The summed E-state index contributed by atoms with van der Waals surface area (Å²) in [5.41, 5.74) is 0.883. The molecule has 0 bridgehead atoms. The zero-order chi connectivity index (χ0) is 18.4. The average Bonchev–Trinajstić information content (AvgIpc) is 2.53. The van der Waals surface area contributed by atoms with Gasteiger partial charge in [0.1, 0.15) is 11.5 Å². The van der Waals surface area contributed by atoms with Crippen molar-refractivity contribution in [2.45, 2.75) is 13.5 Å². The van der Waals surface area contributed by atoms with E-state index in [1.807, 2.05) is 0 Å². The number of benzene rings is 2. The average molecular weight is 349 g/mol. The van der Waals surface area contributed by atoms with Gasteiger partial charge in [0.25, 0.3) is 5.69 Å². The van der Waals surface area contributed by atoms with Gasteiger partial charge in [-0.25, -0.2) is 4.79 Å². The lowest BCUT2D eigenvalue weighted by Gasteiger charge is -2.04. The van der Waals surface area contributed by atoms with E-state index in [4.69, 9.17) is 4.74 Å². The van der Waals surface area contributed by atoms with Crippen molar-refractivity contribution in [3.8, 4) is 11.5 Å². The number of alkyl halides is 2. The number of esters is 1. The van der Waals surface area contributed by atoms with Crippen LogP contribution in [0.4, 0.5) is 14.5 Å². The number of carbonyl (C=O) groups is 1. The highest BCUT2D eigenvalue weighted by atomic mass is 19.3. The maximum absolute atomic E-state index is 12.0. The second kappa shape index (κ2) is 8.00. The van der Waals surface area contributed by atoms with Gasteiger partial charge in [-0.2, -0.15) is 8.78 Å². The third kappa shape index (κ3) is 5.38. The molecule has 0 radical (unpaired) electrons. The van der Waals surface area contributed by atoms with Gasteiger partial charge in [0.05, 0.1) is 4.92 Å². The van der Waals surface area contributed by atoms with E-state index in [1.54, 1.807) is 0 Å². The molecule has 0 heterocycles. The molecule has 0 aromatic heterocycles. The summed E-state index contributed by atoms with van der Waals surface area (Å²) in [7, 11) is 0. The summed E-state index contributed by atoms with van der Waals surface area (Å²) in [4.78, 5) is 22.0. The van der Waals surface area contributed by atoms with Crippen molar-refractivity contribution >= 4 is 17.7 Å². The fourth-order valence-electron chi connectivity index (χ4n) is 1.97. The van der Waals surface area contributed by atoms with Gasteiger partial charge in [-0.15, -0.1) is 0 Å². The number of carbonyl (C=O) groups excluding carboxylic acids is 1. The van der Waals surface area contributed by atoms with Crippen molar-refractivity contribution in [3.05, 3.63) is 69.8 Å². The molecule has 0 spiro atoms. The first-order chi connectivity index (χ1) is 11.8. The van der Waals surface area contributed by atoms with Crippen LogP contribution < -0.4 is 9.47 Å². The number of aryl methyl sites for hydroxylation is 1. The van der Waals surface area contributed by atoms with Gasteiger partial charge < -0.3 is 9.47 Å². The van der Waals surface area contributed by atoms with E-state index in [2.05, 4.69) is 4.74 Å². The van der Waals surface area contributed by atoms with Gasteiger partial charge in [-0.05, 0) is 42.8 Å². The minimum atomic E-state index is -2.90. The molecule has 2 rings (SSSR count). The Balaban J connectivity index is 1.98. The van der Waals surface area contributed by atoms with Crippen LogP contribution in [0.5, 0.6) is 11.5 Å². The Kier molecular flexibility index (Phi) is 5.78. The molecule has 0 aliphatic heterocycles. The molecule has 2 aromatic rings. The first-order valence-electron chi connectivity index (χ1n) is 7.05. The Bertz CT molecular complexity index is 803. The number of nitrogens with zero attached hydrogens (tertiary/aromatic N) is 1. The first-order valence-corrected chi connectivity index (χ1v) is 7.05. The molecule has 130 valence electrons. The number of hydrogen-bond donors (Lipinski definition) is 0. The third-order valence-corrected chi connectivity index (χ3v) is 3.10. The lowest BCUT2D eigenvalue weighted by molar-refractivity contribution is -0.385. The number of nitro benzene ring substituents is 1. The van der Waals surface area contributed by atoms with Gasteiger partial charge >= 0.3 is 12.6 Å². The van der Waals surface area contributed by atoms with Gasteiger partial charge in [0.15, 0.2) is 0 Å². The molecule has 6 nitrogen and oxygen atoms in total. The molecule has 2 aromatic carbocycles. The van der Waals surface area contributed by atoms with E-state index in [-0.39, 0.29) is 17.2 Å². The van der Waals surface area contributed by atoms with Crippen molar-refractivity contribution < 1.29 is 28.0 Å². The Labute approximate surface area is 141 Å². The normalized spacial score (nSPS) is 10.9. The number of rotatable bonds is 6. The monoisotopic (exact) mass is 349 g/mol. The van der Waals surface area contributed by atoms with Crippen molar-refractivity contribution in [1.29, 1.82) is 0 Å². The number of nitro groups is 1. The molecule has 8 heteroatoms. The van der Waals surface area contributed by atoms with Crippen LogP contribution in [0, 0.1) is 17.0 Å². The van der Waals surface area contributed by atoms with Crippen LogP contribution in [0.15, 0.2) is 48.5 Å². The van der Waals surface area contributed by atoms with Crippen molar-refractivity contribution in [2.75, 3.05) is 0 Å². The molecule has 0 aliphatic carbocycles. The Morgan fingerprint density at radius 1 is 1.16 bits per heavy atom. The van der Waals surface area contributed by atoms with Crippen LogP contribution in [0.25, 0.3) is 6.08 Å². The first kappa shape index (κ1) is 18.1. The summed E-state index contributed by atoms with van der Waals surface area (Å²) >= 11 is 0. The molecule has 0 saturated carbocycles. The summed E-state index contributed by atoms with van der Waals surface area (Å²) in [5, 5.41) is 10.7. The zero-order valence-electron chi connectivity index (χ0n) is 13.0. The van der Waals surface area contributed by atoms with Crippen LogP contribution in [0.2, 0.25) is 0 Å². The minimum absolute atomic E-state index is 0.0103. The second-order valence-corrected chi connectivity index (χ2v) is 4.91. The van der Waals surface area contributed by atoms with E-state index >= 15 is 0 Å². The van der Waals surface area contributed by atoms with E-state index in [0.717, 1.165) is 6.08 Å². The van der Waals surface area contributed by atoms with Crippen LogP contribution in [-0.2, 0) is 4.79 Å². The molecule has 0 aliphatic rings. The number of hydrogen-bond acceptors (Lipinski definition) is 5. The van der Waals surface area contributed by atoms with E-state index in [0.29, 0.717) is 11.1 Å². The quantitative estimate of drug-likeness (QED) is 0.258. The van der Waals surface area contributed by atoms with Crippen LogP contribution in [0.1, 0.15) is 11.1 Å². The molecule has 0 N–H and O–H groups in total. The zero-order valence-corrected chi connectivity index (χ0v) is 13.0. The van der Waals surface area contributed by atoms with Crippen molar-refractivity contribution in [1.82, 2.24) is 0 Å². The van der Waals surface area contributed by atoms with Crippen molar-refractivity contribution in [3.63, 3.8) is 0 Å². The highest BCUT2D eigenvalue weighted by molar-refractivity contribution is 5.88. The summed E-state index contributed by atoms with van der Waals surface area (Å²) in [6.07, 6.45) is 2.59. The smallest absolute Gasteiger partial charge is 0.387 e. The second-order valence-electron chi connectivity index (χ2n) is 4.91. The summed E-state index contributed by atoms with van der Waals surface area (Å²) < 4.78 is 33.4. The Morgan fingerprint density at radius 3 is 2.36 bits per heavy atom. The number of halogens is 2. The van der Waals surface area contributed by atoms with Gasteiger partial charge in [0.2, 0.25) is 0 Å². The largest absolute Gasteiger partial charge is 0.435 e. The third-order valence-electron chi connectivity index (χ3n) is 3.10. The van der Waals surface area contributed by atoms with E-state index in [1.165, 1.54) is 55.5 Å². The molecule has 25 heavy (non-hydrogen) atoms. The lowest BCUT2D eigenvalue weighted by atomic mass is 10.2. The Hall–Kier alpha value is -3.29. The lowest BCUT2D eigenvalue weighted by Crippen LogP contribution is -2.04. The highest BCUT2D eigenvalue weighted by Crippen LogP contribution is 2.23. The Morgan fingerprint density at radius 2 is 1.80 bits per heavy atom. The molecule has 0 amide bonds. The van der Waals surface area contributed by atoms with Crippen LogP contribution >= 0.6 is 0 Å². The standard InChI is InChI=1S/C17H13F2NO5/c1-11-10-14(7-8-15(11)20(22)23)24-16(21)9-4-12-2-5-13(6-3-12)25-17(18)19/h2-10,17H,1H3/b9-4+. The van der Waals surface area contributed by atoms with Gasteiger partial charge in [-0.1, -0.05) is 12.1 Å². The fraction of sp³-hybridized carbons (Fsp3) is 0.118. The summed E-state index contributed by atoms with van der Waals surface area (Å²) in [5.74, 6) is -0.490. The van der Waals surface area contributed by atoms with Crippen LogP contribution in [0.3, 0.4) is 0 Å². The van der Waals surface area contributed by atoms with Crippen LogP contribution in [-0.4, -0.2) is 17.5 Å². The number of ether oxygens (including phenoxy) is 2.